The van der Waals surface area contributed by atoms with Crippen LogP contribution in [0.15, 0.2) is 87.1 Å². The largest absolute Gasteiger partial charge is 0.490 e. The number of para-hydroxylation sites is 2. The first-order valence-electron chi connectivity index (χ1n) is 11.2. The van der Waals surface area contributed by atoms with Gasteiger partial charge in [-0.15, -0.1) is 0 Å². The van der Waals surface area contributed by atoms with Crippen molar-refractivity contribution < 1.29 is 23.8 Å². The van der Waals surface area contributed by atoms with Gasteiger partial charge < -0.3 is 19.0 Å². The van der Waals surface area contributed by atoms with Crippen molar-refractivity contribution in [3.8, 4) is 23.1 Å². The minimum Gasteiger partial charge on any atom is -0.490 e. The monoisotopic (exact) mass is 483 g/mol. The number of hydrogen-bond acceptors (Lipinski definition) is 7. The van der Waals surface area contributed by atoms with E-state index in [-0.39, 0.29) is 11.4 Å². The standard InChI is InChI=1S/C27H21N3O6/c1-2-34-23-13-17(11-12-22(23)35-16-25(31)32)15-28-30-26(24-14-18-7-3-6-10-21(18)36-24)29-20-9-5-4-8-19(20)27(30)33/h3-15H,2,16H2,1H3,(H,31,32). The number of benzene rings is 3. The number of ether oxygens (including phenoxy) is 2. The molecule has 0 aliphatic carbocycles. The van der Waals surface area contributed by atoms with Gasteiger partial charge in [0.05, 0.1) is 23.7 Å². The van der Waals surface area contributed by atoms with Crippen molar-refractivity contribution in [2.75, 3.05) is 13.2 Å². The number of hydrogen-bond donors (Lipinski definition) is 1. The van der Waals surface area contributed by atoms with Gasteiger partial charge in [0.1, 0.15) is 5.58 Å². The number of carboxylic acid groups (broad SMARTS) is 1. The Balaban J connectivity index is 1.60. The third-order valence-corrected chi connectivity index (χ3v) is 5.34. The van der Waals surface area contributed by atoms with Crippen molar-refractivity contribution in [3.05, 3.63) is 88.7 Å². The molecule has 0 aliphatic heterocycles. The zero-order valence-electron chi connectivity index (χ0n) is 19.2. The molecule has 1 N–H and O–H groups in total. The lowest BCUT2D eigenvalue weighted by Gasteiger charge is -2.11. The van der Waals surface area contributed by atoms with Crippen molar-refractivity contribution >= 4 is 34.1 Å². The van der Waals surface area contributed by atoms with E-state index in [2.05, 4.69) is 10.1 Å². The fourth-order valence-electron chi connectivity index (χ4n) is 3.74. The lowest BCUT2D eigenvalue weighted by Crippen LogP contribution is -2.20. The van der Waals surface area contributed by atoms with Gasteiger partial charge in [-0.3, -0.25) is 4.79 Å². The molecule has 0 amide bonds. The molecule has 0 saturated heterocycles. The Labute approximate surface area is 204 Å². The van der Waals surface area contributed by atoms with E-state index in [0.29, 0.717) is 45.9 Å². The van der Waals surface area contributed by atoms with Gasteiger partial charge in [-0.25, -0.2) is 9.78 Å². The maximum Gasteiger partial charge on any atom is 0.341 e. The van der Waals surface area contributed by atoms with Gasteiger partial charge in [-0.05, 0) is 55.0 Å². The molecule has 0 aliphatic rings. The Morgan fingerprint density at radius 2 is 1.86 bits per heavy atom. The molecule has 0 atom stereocenters. The summed E-state index contributed by atoms with van der Waals surface area (Å²) >= 11 is 0. The van der Waals surface area contributed by atoms with Gasteiger partial charge in [0.15, 0.2) is 23.9 Å². The summed E-state index contributed by atoms with van der Waals surface area (Å²) in [7, 11) is 0. The Bertz CT molecular complexity index is 1630. The molecule has 2 aromatic heterocycles. The molecular formula is C27H21N3O6. The summed E-state index contributed by atoms with van der Waals surface area (Å²) in [4.78, 5) is 28.9. The number of aromatic nitrogens is 2. The first-order valence-corrected chi connectivity index (χ1v) is 11.2. The zero-order chi connectivity index (χ0) is 25.1. The summed E-state index contributed by atoms with van der Waals surface area (Å²) in [5.41, 5.74) is 1.46. The second-order valence-corrected chi connectivity index (χ2v) is 7.78. The highest BCUT2D eigenvalue weighted by Gasteiger charge is 2.16. The fourth-order valence-corrected chi connectivity index (χ4v) is 3.74. The van der Waals surface area contributed by atoms with E-state index in [4.69, 9.17) is 19.0 Å². The van der Waals surface area contributed by atoms with Crippen LogP contribution in [0, 0.1) is 0 Å². The number of fused-ring (bicyclic) bond motifs is 2. The van der Waals surface area contributed by atoms with Crippen LogP contribution in [0.5, 0.6) is 11.5 Å². The van der Waals surface area contributed by atoms with E-state index in [1.807, 2.05) is 43.3 Å². The highest BCUT2D eigenvalue weighted by Crippen LogP contribution is 2.29. The van der Waals surface area contributed by atoms with E-state index in [1.54, 1.807) is 36.4 Å². The van der Waals surface area contributed by atoms with E-state index in [9.17, 15) is 9.59 Å². The molecule has 0 fully saturated rings. The molecule has 0 radical (unpaired) electrons. The van der Waals surface area contributed by atoms with E-state index in [0.717, 1.165) is 5.39 Å². The molecule has 9 nitrogen and oxygen atoms in total. The molecule has 0 unspecified atom stereocenters. The SMILES string of the molecule is CCOc1cc(C=Nn2c(-c3cc4ccccc4o3)nc3ccccc3c2=O)ccc1OCC(=O)O. The Hall–Kier alpha value is -4.92. The number of carboxylic acids is 1. The highest BCUT2D eigenvalue weighted by atomic mass is 16.5. The third kappa shape index (κ3) is 4.54. The maximum atomic E-state index is 13.4. The maximum absolute atomic E-state index is 13.4. The summed E-state index contributed by atoms with van der Waals surface area (Å²) in [6, 6.07) is 21.3. The van der Waals surface area contributed by atoms with Gasteiger partial charge in [0.25, 0.3) is 5.56 Å². The zero-order valence-corrected chi connectivity index (χ0v) is 19.2. The summed E-state index contributed by atoms with van der Waals surface area (Å²) < 4.78 is 18.1. The molecular weight excluding hydrogens is 462 g/mol. The Morgan fingerprint density at radius 3 is 2.67 bits per heavy atom. The van der Waals surface area contributed by atoms with E-state index in [1.165, 1.54) is 10.9 Å². The smallest absolute Gasteiger partial charge is 0.341 e. The summed E-state index contributed by atoms with van der Waals surface area (Å²) in [6.07, 6.45) is 1.49. The number of carbonyl (C=O) groups is 1. The predicted octanol–water partition coefficient (Wildman–Crippen LogP) is 4.55. The lowest BCUT2D eigenvalue weighted by molar-refractivity contribution is -0.139. The molecule has 0 bridgehead atoms. The van der Waals surface area contributed by atoms with Crippen molar-refractivity contribution in [1.82, 2.24) is 9.66 Å². The summed E-state index contributed by atoms with van der Waals surface area (Å²) in [6.45, 7) is 1.67. The van der Waals surface area contributed by atoms with Crippen LogP contribution < -0.4 is 15.0 Å². The van der Waals surface area contributed by atoms with E-state index >= 15 is 0 Å². The summed E-state index contributed by atoms with van der Waals surface area (Å²) in [5, 5.41) is 14.6. The van der Waals surface area contributed by atoms with Crippen LogP contribution >= 0.6 is 0 Å². The number of nitrogens with zero attached hydrogens (tertiary/aromatic N) is 3. The Kier molecular flexibility index (Phi) is 6.19. The van der Waals surface area contributed by atoms with Crippen molar-refractivity contribution in [2.24, 2.45) is 5.10 Å². The van der Waals surface area contributed by atoms with Crippen LogP contribution in [0.4, 0.5) is 0 Å². The minimum absolute atomic E-state index is 0.262. The second-order valence-electron chi connectivity index (χ2n) is 7.78. The lowest BCUT2D eigenvalue weighted by atomic mass is 10.2. The molecule has 5 rings (SSSR count). The topological polar surface area (TPSA) is 116 Å². The summed E-state index contributed by atoms with van der Waals surface area (Å²) in [5.74, 6) is 0.235. The quantitative estimate of drug-likeness (QED) is 0.322. The number of furan rings is 1. The molecule has 0 spiro atoms. The molecule has 3 aromatic carbocycles. The van der Waals surface area contributed by atoms with Crippen molar-refractivity contribution in [3.63, 3.8) is 0 Å². The van der Waals surface area contributed by atoms with Gasteiger partial charge in [-0.1, -0.05) is 30.3 Å². The molecule has 5 aromatic rings. The normalized spacial score (nSPS) is 11.4. The van der Waals surface area contributed by atoms with Crippen LogP contribution in [0.1, 0.15) is 12.5 Å². The van der Waals surface area contributed by atoms with Crippen LogP contribution in [0.2, 0.25) is 0 Å². The molecule has 0 saturated carbocycles. The highest BCUT2D eigenvalue weighted by molar-refractivity contribution is 5.85. The van der Waals surface area contributed by atoms with E-state index < -0.39 is 12.6 Å². The molecule has 180 valence electrons. The van der Waals surface area contributed by atoms with Gasteiger partial charge >= 0.3 is 5.97 Å². The van der Waals surface area contributed by atoms with Gasteiger partial charge in [0, 0.05) is 5.39 Å². The van der Waals surface area contributed by atoms with Gasteiger partial charge in [0.2, 0.25) is 5.82 Å². The van der Waals surface area contributed by atoms with Crippen LogP contribution in [-0.4, -0.2) is 40.2 Å². The van der Waals surface area contributed by atoms with Crippen LogP contribution in [0.25, 0.3) is 33.5 Å². The van der Waals surface area contributed by atoms with Crippen LogP contribution in [0.3, 0.4) is 0 Å². The average molecular weight is 483 g/mol. The molecule has 36 heavy (non-hydrogen) atoms. The Morgan fingerprint density at radius 1 is 1.06 bits per heavy atom. The number of rotatable bonds is 8. The molecule has 2 heterocycles. The average Bonchev–Trinajstić information content (AvgIpc) is 3.32. The third-order valence-electron chi connectivity index (χ3n) is 5.34. The minimum atomic E-state index is -1.09. The van der Waals surface area contributed by atoms with Crippen molar-refractivity contribution in [2.45, 2.75) is 6.92 Å². The van der Waals surface area contributed by atoms with Crippen molar-refractivity contribution in [1.29, 1.82) is 0 Å². The predicted molar refractivity (Wildman–Crippen MR) is 135 cm³/mol. The van der Waals surface area contributed by atoms with Gasteiger partial charge in [-0.2, -0.15) is 9.78 Å². The first-order chi connectivity index (χ1) is 17.5. The number of aliphatic carboxylic acids is 1. The first kappa shape index (κ1) is 22.9. The second kappa shape index (κ2) is 9.75. The molecule has 9 heteroatoms. The fraction of sp³-hybridized carbons (Fsp3) is 0.111. The van der Waals surface area contributed by atoms with Crippen LogP contribution in [-0.2, 0) is 4.79 Å².